The van der Waals surface area contributed by atoms with Gasteiger partial charge in [-0.3, -0.25) is 4.79 Å². The average Bonchev–Trinajstić information content (AvgIpc) is 2.38. The van der Waals surface area contributed by atoms with Gasteiger partial charge < -0.3 is 10.1 Å². The van der Waals surface area contributed by atoms with Gasteiger partial charge in [-0.1, -0.05) is 50.6 Å². The summed E-state index contributed by atoms with van der Waals surface area (Å²) in [6.07, 6.45) is 0.950. The normalized spacial score (nSPS) is 14.1. The fourth-order valence-corrected chi connectivity index (χ4v) is 1.69. The summed E-state index contributed by atoms with van der Waals surface area (Å²) in [5.74, 6) is 0.106. The molecular weight excluding hydrogens is 214 g/mol. The third-order valence-corrected chi connectivity index (χ3v) is 3.00. The van der Waals surface area contributed by atoms with Crippen molar-refractivity contribution in [1.29, 1.82) is 0 Å². The number of carbonyl (C=O) groups is 1. The topological polar surface area (TPSA) is 38.3 Å². The van der Waals surface area contributed by atoms with Crippen molar-refractivity contribution in [1.82, 2.24) is 5.32 Å². The molecule has 0 spiro atoms. The van der Waals surface area contributed by atoms with Crippen LogP contribution in [0, 0.1) is 5.92 Å². The number of benzene rings is 1. The predicted octanol–water partition coefficient (Wildman–Crippen LogP) is 2.36. The summed E-state index contributed by atoms with van der Waals surface area (Å²) in [5.41, 5.74) is 1.01. The fraction of sp³-hybridized carbons (Fsp3) is 0.500. The van der Waals surface area contributed by atoms with Crippen LogP contribution in [-0.2, 0) is 16.1 Å². The monoisotopic (exact) mass is 235 g/mol. The lowest BCUT2D eigenvalue weighted by atomic mass is 10.00. The van der Waals surface area contributed by atoms with Crippen molar-refractivity contribution in [2.45, 2.75) is 32.9 Å². The largest absolute Gasteiger partial charge is 0.460 e. The Hall–Kier alpha value is -1.35. The SMILES string of the molecule is CC[C@@H](C)[C@H](NC)C(=O)OCc1ccccc1. The Kier molecular flexibility index (Phi) is 5.70. The van der Waals surface area contributed by atoms with E-state index in [0.29, 0.717) is 6.61 Å². The Balaban J connectivity index is 2.48. The lowest BCUT2D eigenvalue weighted by Crippen LogP contribution is -2.40. The van der Waals surface area contributed by atoms with Crippen LogP contribution < -0.4 is 5.32 Å². The standard InChI is InChI=1S/C14H21NO2/c1-4-11(2)13(15-3)14(16)17-10-12-8-6-5-7-9-12/h5-9,11,13,15H,4,10H2,1-3H3/t11-,13+/m1/s1. The van der Waals surface area contributed by atoms with Crippen molar-refractivity contribution in [2.24, 2.45) is 5.92 Å². The highest BCUT2D eigenvalue weighted by atomic mass is 16.5. The van der Waals surface area contributed by atoms with Crippen LogP contribution >= 0.6 is 0 Å². The Morgan fingerprint density at radius 2 is 2.00 bits per heavy atom. The number of hydrogen-bond acceptors (Lipinski definition) is 3. The molecule has 1 N–H and O–H groups in total. The Labute approximate surface area is 103 Å². The van der Waals surface area contributed by atoms with Crippen LogP contribution in [0.3, 0.4) is 0 Å². The van der Waals surface area contributed by atoms with Crippen LogP contribution in [0.15, 0.2) is 30.3 Å². The molecule has 17 heavy (non-hydrogen) atoms. The molecule has 0 aliphatic rings. The molecule has 0 fully saturated rings. The molecule has 0 aromatic heterocycles. The summed E-state index contributed by atoms with van der Waals surface area (Å²) in [5, 5.41) is 3.01. The molecule has 3 heteroatoms. The molecular formula is C14H21NO2. The molecule has 0 bridgehead atoms. The second kappa shape index (κ2) is 7.07. The molecule has 94 valence electrons. The van der Waals surface area contributed by atoms with Gasteiger partial charge in [-0.15, -0.1) is 0 Å². The van der Waals surface area contributed by atoms with Gasteiger partial charge in [-0.25, -0.2) is 0 Å². The molecule has 0 amide bonds. The first kappa shape index (κ1) is 13.7. The summed E-state index contributed by atoms with van der Waals surface area (Å²) in [6.45, 7) is 4.46. The van der Waals surface area contributed by atoms with Crippen LogP contribution in [-0.4, -0.2) is 19.1 Å². The van der Waals surface area contributed by atoms with E-state index in [-0.39, 0.29) is 17.9 Å². The Morgan fingerprint density at radius 1 is 1.35 bits per heavy atom. The zero-order chi connectivity index (χ0) is 12.7. The number of carbonyl (C=O) groups excluding carboxylic acids is 1. The van der Waals surface area contributed by atoms with E-state index in [1.165, 1.54) is 0 Å². The van der Waals surface area contributed by atoms with Gasteiger partial charge in [0.05, 0.1) is 0 Å². The van der Waals surface area contributed by atoms with Crippen molar-refractivity contribution < 1.29 is 9.53 Å². The first-order valence-electron chi connectivity index (χ1n) is 6.06. The number of hydrogen-bond donors (Lipinski definition) is 1. The van der Waals surface area contributed by atoms with Gasteiger partial charge in [-0.05, 0) is 18.5 Å². The van der Waals surface area contributed by atoms with E-state index in [0.717, 1.165) is 12.0 Å². The van der Waals surface area contributed by atoms with Crippen molar-refractivity contribution in [3.63, 3.8) is 0 Å². The molecule has 0 aliphatic carbocycles. The van der Waals surface area contributed by atoms with Crippen molar-refractivity contribution in [2.75, 3.05) is 7.05 Å². The third-order valence-electron chi connectivity index (χ3n) is 3.00. The highest BCUT2D eigenvalue weighted by Crippen LogP contribution is 2.10. The van der Waals surface area contributed by atoms with Gasteiger partial charge >= 0.3 is 5.97 Å². The van der Waals surface area contributed by atoms with E-state index in [2.05, 4.69) is 12.2 Å². The fourth-order valence-electron chi connectivity index (χ4n) is 1.69. The first-order chi connectivity index (χ1) is 8.19. The molecule has 0 saturated heterocycles. The Morgan fingerprint density at radius 3 is 2.53 bits per heavy atom. The van der Waals surface area contributed by atoms with Gasteiger partial charge in [0, 0.05) is 0 Å². The highest BCUT2D eigenvalue weighted by molar-refractivity contribution is 5.76. The summed E-state index contributed by atoms with van der Waals surface area (Å²) in [6, 6.07) is 9.50. The van der Waals surface area contributed by atoms with Gasteiger partial charge in [0.25, 0.3) is 0 Å². The molecule has 0 unspecified atom stereocenters. The second-order valence-corrected chi connectivity index (χ2v) is 4.25. The van der Waals surface area contributed by atoms with E-state index >= 15 is 0 Å². The number of nitrogens with one attached hydrogen (secondary N) is 1. The average molecular weight is 235 g/mol. The highest BCUT2D eigenvalue weighted by Gasteiger charge is 2.23. The summed E-state index contributed by atoms with van der Waals surface area (Å²) < 4.78 is 5.30. The zero-order valence-electron chi connectivity index (χ0n) is 10.8. The minimum absolute atomic E-state index is 0.175. The number of ether oxygens (including phenoxy) is 1. The molecule has 1 rings (SSSR count). The predicted molar refractivity (Wildman–Crippen MR) is 68.5 cm³/mol. The molecule has 0 heterocycles. The number of rotatable bonds is 6. The maximum absolute atomic E-state index is 11.9. The zero-order valence-corrected chi connectivity index (χ0v) is 10.8. The Bertz CT molecular complexity index is 337. The summed E-state index contributed by atoms with van der Waals surface area (Å²) in [7, 11) is 1.79. The molecule has 1 aromatic rings. The molecule has 0 saturated carbocycles. The van der Waals surface area contributed by atoms with Crippen LogP contribution in [0.1, 0.15) is 25.8 Å². The molecule has 3 nitrogen and oxygen atoms in total. The maximum atomic E-state index is 11.9. The maximum Gasteiger partial charge on any atom is 0.323 e. The lowest BCUT2D eigenvalue weighted by Gasteiger charge is -2.20. The van der Waals surface area contributed by atoms with Gasteiger partial charge in [0.15, 0.2) is 0 Å². The van der Waals surface area contributed by atoms with Crippen LogP contribution in [0.2, 0.25) is 0 Å². The molecule has 2 atom stereocenters. The smallest absolute Gasteiger partial charge is 0.323 e. The minimum atomic E-state index is -0.219. The lowest BCUT2D eigenvalue weighted by molar-refractivity contribution is -0.148. The van der Waals surface area contributed by atoms with E-state index in [4.69, 9.17) is 4.74 Å². The summed E-state index contributed by atoms with van der Waals surface area (Å²) in [4.78, 5) is 11.9. The van der Waals surface area contributed by atoms with Crippen LogP contribution in [0.5, 0.6) is 0 Å². The van der Waals surface area contributed by atoms with E-state index < -0.39 is 0 Å². The van der Waals surface area contributed by atoms with Crippen LogP contribution in [0.4, 0.5) is 0 Å². The quantitative estimate of drug-likeness (QED) is 0.769. The van der Waals surface area contributed by atoms with Gasteiger partial charge in [-0.2, -0.15) is 0 Å². The molecule has 0 radical (unpaired) electrons. The van der Waals surface area contributed by atoms with Crippen molar-refractivity contribution in [3.05, 3.63) is 35.9 Å². The molecule has 0 aliphatic heterocycles. The van der Waals surface area contributed by atoms with Crippen molar-refractivity contribution in [3.8, 4) is 0 Å². The molecule has 1 aromatic carbocycles. The van der Waals surface area contributed by atoms with Gasteiger partial charge in [0.2, 0.25) is 0 Å². The number of esters is 1. The second-order valence-electron chi connectivity index (χ2n) is 4.25. The minimum Gasteiger partial charge on any atom is -0.460 e. The number of likely N-dealkylation sites (N-methyl/N-ethyl adjacent to an activating group) is 1. The third kappa shape index (κ3) is 4.19. The first-order valence-corrected chi connectivity index (χ1v) is 6.06. The van der Waals surface area contributed by atoms with Crippen LogP contribution in [0.25, 0.3) is 0 Å². The summed E-state index contributed by atoms with van der Waals surface area (Å²) >= 11 is 0. The van der Waals surface area contributed by atoms with E-state index in [1.54, 1.807) is 7.05 Å². The van der Waals surface area contributed by atoms with Gasteiger partial charge in [0.1, 0.15) is 12.6 Å². The van der Waals surface area contributed by atoms with Crippen molar-refractivity contribution >= 4 is 5.97 Å². The van der Waals surface area contributed by atoms with E-state index in [1.807, 2.05) is 37.3 Å². The van der Waals surface area contributed by atoms with E-state index in [9.17, 15) is 4.79 Å².